The number of rotatable bonds is 6. The molecule has 1 aliphatic rings. The second kappa shape index (κ2) is 8.41. The van der Waals surface area contributed by atoms with Crippen molar-refractivity contribution < 1.29 is 12.8 Å². The lowest BCUT2D eigenvalue weighted by atomic mass is 10.0. The maximum Gasteiger partial charge on any atom is 0.243 e. The first-order valence-electron chi connectivity index (χ1n) is 9.62. The molecule has 0 spiro atoms. The number of hydrogen-bond donors (Lipinski definition) is 0. The highest BCUT2D eigenvalue weighted by molar-refractivity contribution is 7.89. The van der Waals surface area contributed by atoms with Crippen LogP contribution in [0.5, 0.6) is 0 Å². The van der Waals surface area contributed by atoms with Crippen molar-refractivity contribution in [3.63, 3.8) is 0 Å². The molecule has 1 aliphatic heterocycles. The molecule has 1 fully saturated rings. The lowest BCUT2D eigenvalue weighted by Gasteiger charge is -2.29. The molecule has 7 nitrogen and oxygen atoms in total. The summed E-state index contributed by atoms with van der Waals surface area (Å²) in [7, 11) is -2.10. The van der Waals surface area contributed by atoms with Crippen molar-refractivity contribution in [2.45, 2.75) is 42.7 Å². The van der Waals surface area contributed by atoms with E-state index in [2.05, 4.69) is 15.4 Å². The number of benzene rings is 2. The van der Waals surface area contributed by atoms with Crippen LogP contribution in [0, 0.1) is 5.82 Å². The van der Waals surface area contributed by atoms with E-state index in [1.165, 1.54) is 29.1 Å². The van der Waals surface area contributed by atoms with Crippen LogP contribution >= 0.6 is 11.6 Å². The maximum absolute atomic E-state index is 13.6. The molecule has 0 aliphatic carbocycles. The Morgan fingerprint density at radius 1 is 1.10 bits per heavy atom. The maximum atomic E-state index is 13.6. The van der Waals surface area contributed by atoms with Crippen LogP contribution in [0.25, 0.3) is 0 Å². The van der Waals surface area contributed by atoms with Gasteiger partial charge in [0.05, 0.1) is 18.0 Å². The van der Waals surface area contributed by atoms with Gasteiger partial charge in [-0.05, 0) is 66.4 Å². The van der Waals surface area contributed by atoms with Gasteiger partial charge in [-0.15, -0.1) is 10.2 Å². The van der Waals surface area contributed by atoms with Crippen LogP contribution in [0.4, 0.5) is 4.39 Å². The van der Waals surface area contributed by atoms with Gasteiger partial charge in [0, 0.05) is 17.5 Å². The Hall–Kier alpha value is -2.36. The SMILES string of the molecule is Cn1nnc(CCC2CCC(c3ccc(F)cc3)N2S(=O)(=O)c2ccc(Cl)cc2)n1. The molecule has 0 radical (unpaired) electrons. The minimum Gasteiger partial charge on any atom is -0.207 e. The molecule has 1 aromatic heterocycles. The Balaban J connectivity index is 1.67. The monoisotopic (exact) mass is 449 g/mol. The lowest BCUT2D eigenvalue weighted by molar-refractivity contribution is 0.312. The molecule has 2 unspecified atom stereocenters. The summed E-state index contributed by atoms with van der Waals surface area (Å²) in [6, 6.07) is 11.6. The molecule has 0 N–H and O–H groups in total. The highest BCUT2D eigenvalue weighted by Crippen LogP contribution is 2.42. The average molecular weight is 450 g/mol. The van der Waals surface area contributed by atoms with Crippen LogP contribution in [0.3, 0.4) is 0 Å². The van der Waals surface area contributed by atoms with Gasteiger partial charge < -0.3 is 0 Å². The Kier molecular flexibility index (Phi) is 5.86. The summed E-state index contributed by atoms with van der Waals surface area (Å²) < 4.78 is 42.2. The first kappa shape index (κ1) is 20.9. The van der Waals surface area contributed by atoms with Gasteiger partial charge in [-0.25, -0.2) is 12.8 Å². The van der Waals surface area contributed by atoms with Gasteiger partial charge in [0.15, 0.2) is 5.82 Å². The van der Waals surface area contributed by atoms with Crippen molar-refractivity contribution in [2.75, 3.05) is 0 Å². The predicted molar refractivity (Wildman–Crippen MR) is 110 cm³/mol. The topological polar surface area (TPSA) is 81.0 Å². The predicted octanol–water partition coefficient (Wildman–Crippen LogP) is 3.53. The van der Waals surface area contributed by atoms with Gasteiger partial charge in [-0.3, -0.25) is 0 Å². The zero-order valence-electron chi connectivity index (χ0n) is 16.3. The molecular formula is C20H21ClFN5O2S. The summed E-state index contributed by atoms with van der Waals surface area (Å²) in [6.45, 7) is 0. The molecule has 4 rings (SSSR count). The molecule has 0 bridgehead atoms. The van der Waals surface area contributed by atoms with Crippen LogP contribution in [0.1, 0.15) is 36.7 Å². The third kappa shape index (κ3) is 4.23. The van der Waals surface area contributed by atoms with E-state index < -0.39 is 10.0 Å². The zero-order valence-corrected chi connectivity index (χ0v) is 17.9. The molecule has 10 heteroatoms. The molecule has 1 saturated heterocycles. The molecule has 2 atom stereocenters. The minimum absolute atomic E-state index is 0.184. The van der Waals surface area contributed by atoms with E-state index in [4.69, 9.17) is 11.6 Å². The first-order valence-corrected chi connectivity index (χ1v) is 11.4. The van der Waals surface area contributed by atoms with E-state index >= 15 is 0 Å². The van der Waals surface area contributed by atoms with Gasteiger partial charge in [0.1, 0.15) is 5.82 Å². The third-order valence-corrected chi connectivity index (χ3v) is 7.56. The van der Waals surface area contributed by atoms with E-state index in [-0.39, 0.29) is 22.8 Å². The summed E-state index contributed by atoms with van der Waals surface area (Å²) in [5.74, 6) is 0.223. The molecule has 2 heterocycles. The summed E-state index contributed by atoms with van der Waals surface area (Å²) in [5, 5.41) is 12.5. The standard InChI is InChI=1S/C20H21ClFN5O2S/c1-26-24-20(23-25-26)13-9-17-8-12-19(14-2-6-16(22)7-3-14)27(17)30(28,29)18-10-4-15(21)5-11-18/h2-7,10-11,17,19H,8-9,12-13H2,1H3. The van der Waals surface area contributed by atoms with Crippen LogP contribution in [0.15, 0.2) is 53.4 Å². The first-order chi connectivity index (χ1) is 14.3. The Morgan fingerprint density at radius 3 is 2.43 bits per heavy atom. The molecular weight excluding hydrogens is 429 g/mol. The smallest absolute Gasteiger partial charge is 0.207 e. The highest BCUT2D eigenvalue weighted by Gasteiger charge is 2.42. The Morgan fingerprint density at radius 2 is 1.80 bits per heavy atom. The van der Waals surface area contributed by atoms with Crippen molar-refractivity contribution in [3.05, 3.63) is 70.8 Å². The Labute approximate surface area is 179 Å². The van der Waals surface area contributed by atoms with Gasteiger partial charge in [-0.2, -0.15) is 9.10 Å². The Bertz CT molecular complexity index is 1120. The third-order valence-electron chi connectivity index (χ3n) is 5.34. The fourth-order valence-electron chi connectivity index (χ4n) is 3.94. The summed E-state index contributed by atoms with van der Waals surface area (Å²) in [4.78, 5) is 1.57. The van der Waals surface area contributed by atoms with Gasteiger partial charge in [-0.1, -0.05) is 23.7 Å². The van der Waals surface area contributed by atoms with Crippen LogP contribution in [0.2, 0.25) is 5.02 Å². The van der Waals surface area contributed by atoms with E-state index in [1.54, 1.807) is 35.6 Å². The zero-order chi connectivity index (χ0) is 21.3. The number of hydrogen-bond acceptors (Lipinski definition) is 5. The molecule has 30 heavy (non-hydrogen) atoms. The summed E-state index contributed by atoms with van der Waals surface area (Å²) in [6.07, 6.45) is 2.42. The summed E-state index contributed by atoms with van der Waals surface area (Å²) >= 11 is 5.94. The summed E-state index contributed by atoms with van der Waals surface area (Å²) in [5.41, 5.74) is 0.772. The van der Waals surface area contributed by atoms with Crippen molar-refractivity contribution >= 4 is 21.6 Å². The van der Waals surface area contributed by atoms with Crippen molar-refractivity contribution in [1.29, 1.82) is 0 Å². The number of sulfonamides is 1. The fourth-order valence-corrected chi connectivity index (χ4v) is 5.96. The molecule has 158 valence electrons. The second-order valence-corrected chi connectivity index (χ2v) is 9.60. The molecule has 0 amide bonds. The lowest BCUT2D eigenvalue weighted by Crippen LogP contribution is -2.37. The van der Waals surface area contributed by atoms with E-state index in [1.807, 2.05) is 0 Å². The number of aromatic nitrogens is 4. The molecule has 3 aromatic rings. The number of nitrogens with zero attached hydrogens (tertiary/aromatic N) is 5. The fraction of sp³-hybridized carbons (Fsp3) is 0.350. The molecule has 2 aromatic carbocycles. The molecule has 0 saturated carbocycles. The second-order valence-electron chi connectivity index (χ2n) is 7.32. The van der Waals surface area contributed by atoms with Crippen molar-refractivity contribution in [1.82, 2.24) is 24.5 Å². The van der Waals surface area contributed by atoms with E-state index in [0.29, 0.717) is 36.5 Å². The quantitative estimate of drug-likeness (QED) is 0.575. The highest BCUT2D eigenvalue weighted by atomic mass is 35.5. The van der Waals surface area contributed by atoms with Gasteiger partial charge in [0.25, 0.3) is 0 Å². The minimum atomic E-state index is -3.79. The average Bonchev–Trinajstić information content (AvgIpc) is 3.34. The number of halogens is 2. The van der Waals surface area contributed by atoms with Crippen molar-refractivity contribution in [2.24, 2.45) is 7.05 Å². The van der Waals surface area contributed by atoms with Crippen LogP contribution in [-0.2, 0) is 23.5 Å². The largest absolute Gasteiger partial charge is 0.243 e. The van der Waals surface area contributed by atoms with Crippen molar-refractivity contribution in [3.8, 4) is 0 Å². The van der Waals surface area contributed by atoms with Crippen LogP contribution in [-0.4, -0.2) is 39.0 Å². The van der Waals surface area contributed by atoms with Crippen LogP contribution < -0.4 is 0 Å². The number of tetrazole rings is 1. The van der Waals surface area contributed by atoms with Gasteiger partial charge >= 0.3 is 0 Å². The van der Waals surface area contributed by atoms with E-state index in [0.717, 1.165) is 5.56 Å². The normalized spacial score (nSPS) is 20.0. The van der Waals surface area contributed by atoms with Gasteiger partial charge in [0.2, 0.25) is 10.0 Å². The number of aryl methyl sites for hydroxylation is 2. The van der Waals surface area contributed by atoms with E-state index in [9.17, 15) is 12.8 Å².